The van der Waals surface area contributed by atoms with Gasteiger partial charge in [0, 0.05) is 15.6 Å². The molecule has 3 aromatic carbocycles. The van der Waals surface area contributed by atoms with E-state index in [1.807, 2.05) is 30.3 Å². The van der Waals surface area contributed by atoms with Gasteiger partial charge in [-0.3, -0.25) is 4.79 Å². The lowest BCUT2D eigenvalue weighted by atomic mass is 10.1. The van der Waals surface area contributed by atoms with E-state index in [0.717, 1.165) is 11.1 Å². The van der Waals surface area contributed by atoms with E-state index in [1.165, 1.54) is 11.8 Å². The van der Waals surface area contributed by atoms with E-state index in [2.05, 4.69) is 10.3 Å². The first kappa shape index (κ1) is 20.5. The van der Waals surface area contributed by atoms with Crippen LogP contribution in [-0.2, 0) is 11.4 Å². The highest BCUT2D eigenvalue weighted by atomic mass is 35.5. The van der Waals surface area contributed by atoms with Crippen LogP contribution < -0.4 is 10.1 Å². The fourth-order valence-corrected chi connectivity index (χ4v) is 3.89. The number of ether oxygens (including phenoxy) is 1. The van der Waals surface area contributed by atoms with E-state index in [0.29, 0.717) is 38.2 Å². The lowest BCUT2D eigenvalue weighted by Gasteiger charge is -2.10. The molecule has 0 saturated carbocycles. The Hall–Kier alpha value is -2.73. The second kappa shape index (κ2) is 9.39. The number of amides is 1. The number of hydrogen-bond acceptors (Lipinski definition) is 4. The number of amidine groups is 1. The zero-order chi connectivity index (χ0) is 20.9. The largest absolute Gasteiger partial charge is 0.488 e. The van der Waals surface area contributed by atoms with E-state index in [-0.39, 0.29) is 5.91 Å². The lowest BCUT2D eigenvalue weighted by molar-refractivity contribution is -0.115. The molecule has 4 rings (SSSR count). The average molecular weight is 455 g/mol. The predicted molar refractivity (Wildman–Crippen MR) is 124 cm³/mol. The predicted octanol–water partition coefficient (Wildman–Crippen LogP) is 6.46. The summed E-state index contributed by atoms with van der Waals surface area (Å²) in [6, 6.07) is 22.3. The Bertz CT molecular complexity index is 1130. The summed E-state index contributed by atoms with van der Waals surface area (Å²) < 4.78 is 5.97. The monoisotopic (exact) mass is 454 g/mol. The summed E-state index contributed by atoms with van der Waals surface area (Å²) in [5.74, 6) is 0.425. The van der Waals surface area contributed by atoms with Gasteiger partial charge in [-0.05, 0) is 65.9 Å². The van der Waals surface area contributed by atoms with Crippen LogP contribution in [0.25, 0.3) is 6.08 Å². The maximum Gasteiger partial charge on any atom is 0.264 e. The second-order valence-electron chi connectivity index (χ2n) is 6.41. The third-order valence-electron chi connectivity index (χ3n) is 4.20. The van der Waals surface area contributed by atoms with Crippen LogP contribution in [0.5, 0.6) is 5.75 Å². The number of carbonyl (C=O) groups excluding carboxylic acids is 1. The Labute approximate surface area is 188 Å². The van der Waals surface area contributed by atoms with Crippen LogP contribution in [0.3, 0.4) is 0 Å². The van der Waals surface area contributed by atoms with Crippen molar-refractivity contribution in [3.63, 3.8) is 0 Å². The van der Waals surface area contributed by atoms with E-state index in [9.17, 15) is 4.79 Å². The van der Waals surface area contributed by atoms with Crippen molar-refractivity contribution in [3.8, 4) is 5.75 Å². The molecule has 150 valence electrons. The molecule has 0 unspecified atom stereocenters. The highest BCUT2D eigenvalue weighted by molar-refractivity contribution is 8.18. The van der Waals surface area contributed by atoms with E-state index in [1.54, 1.807) is 48.5 Å². The van der Waals surface area contributed by atoms with Crippen molar-refractivity contribution in [1.82, 2.24) is 5.32 Å². The quantitative estimate of drug-likeness (QED) is 0.449. The van der Waals surface area contributed by atoms with Gasteiger partial charge in [0.2, 0.25) is 0 Å². The van der Waals surface area contributed by atoms with E-state index < -0.39 is 0 Å². The average Bonchev–Trinajstić information content (AvgIpc) is 3.08. The van der Waals surface area contributed by atoms with Crippen LogP contribution in [-0.4, -0.2) is 11.1 Å². The van der Waals surface area contributed by atoms with Crippen molar-refractivity contribution >= 4 is 57.8 Å². The molecule has 0 bridgehead atoms. The van der Waals surface area contributed by atoms with Gasteiger partial charge in [-0.2, -0.15) is 0 Å². The third-order valence-corrected chi connectivity index (χ3v) is 5.60. The Morgan fingerprint density at radius 2 is 1.70 bits per heavy atom. The summed E-state index contributed by atoms with van der Waals surface area (Å²) in [7, 11) is 0. The number of benzene rings is 3. The normalized spacial score (nSPS) is 16.1. The van der Waals surface area contributed by atoms with Gasteiger partial charge in [-0.15, -0.1) is 0 Å². The van der Waals surface area contributed by atoms with Crippen LogP contribution in [0.2, 0.25) is 10.0 Å². The summed E-state index contributed by atoms with van der Waals surface area (Å²) >= 11 is 13.3. The molecule has 1 aliphatic rings. The molecule has 1 aliphatic heterocycles. The minimum atomic E-state index is -0.221. The first-order valence-corrected chi connectivity index (χ1v) is 10.7. The zero-order valence-corrected chi connectivity index (χ0v) is 18.0. The van der Waals surface area contributed by atoms with Gasteiger partial charge in [-0.25, -0.2) is 4.99 Å². The van der Waals surface area contributed by atoms with Gasteiger partial charge in [0.25, 0.3) is 5.91 Å². The Balaban J connectivity index is 1.55. The van der Waals surface area contributed by atoms with Crippen LogP contribution in [0.1, 0.15) is 11.1 Å². The van der Waals surface area contributed by atoms with Gasteiger partial charge in [0.15, 0.2) is 5.17 Å². The topological polar surface area (TPSA) is 50.7 Å². The second-order valence-corrected chi connectivity index (χ2v) is 8.32. The van der Waals surface area contributed by atoms with Crippen molar-refractivity contribution in [1.29, 1.82) is 0 Å². The minimum absolute atomic E-state index is 0.221. The molecule has 0 atom stereocenters. The molecule has 0 aliphatic carbocycles. The van der Waals surface area contributed by atoms with Gasteiger partial charge in [-0.1, -0.05) is 53.5 Å². The molecular weight excluding hydrogens is 439 g/mol. The Morgan fingerprint density at radius 3 is 2.47 bits per heavy atom. The number of carbonyl (C=O) groups is 1. The minimum Gasteiger partial charge on any atom is -0.488 e. The van der Waals surface area contributed by atoms with Crippen molar-refractivity contribution in [2.24, 2.45) is 4.99 Å². The molecule has 1 fully saturated rings. The number of aliphatic imine (C=N–C) groups is 1. The number of halogens is 2. The van der Waals surface area contributed by atoms with Crippen molar-refractivity contribution in [2.75, 3.05) is 0 Å². The number of rotatable bonds is 5. The molecule has 30 heavy (non-hydrogen) atoms. The number of nitrogens with zero attached hydrogens (tertiary/aromatic N) is 1. The molecule has 7 heteroatoms. The highest BCUT2D eigenvalue weighted by Gasteiger charge is 2.24. The van der Waals surface area contributed by atoms with Gasteiger partial charge >= 0.3 is 0 Å². The molecule has 1 N–H and O–H groups in total. The Kier molecular flexibility index (Phi) is 6.43. The number of thioether (sulfide) groups is 1. The maximum atomic E-state index is 12.4. The van der Waals surface area contributed by atoms with Crippen molar-refractivity contribution in [2.45, 2.75) is 6.61 Å². The van der Waals surface area contributed by atoms with Crippen LogP contribution in [0.4, 0.5) is 5.69 Å². The number of nitrogens with one attached hydrogen (secondary N) is 1. The first-order valence-electron chi connectivity index (χ1n) is 9.08. The highest BCUT2D eigenvalue weighted by Crippen LogP contribution is 2.32. The lowest BCUT2D eigenvalue weighted by Crippen LogP contribution is -2.19. The van der Waals surface area contributed by atoms with Crippen molar-refractivity contribution < 1.29 is 9.53 Å². The molecule has 1 amide bonds. The molecule has 0 aromatic heterocycles. The molecule has 1 saturated heterocycles. The molecule has 3 aromatic rings. The SMILES string of the molecule is O=C1NC(=Nc2ccc(Cl)cc2)S/C1=C\c1cc(Cl)ccc1OCc1ccccc1. The first-order chi connectivity index (χ1) is 14.6. The van der Waals surface area contributed by atoms with E-state index in [4.69, 9.17) is 27.9 Å². The maximum absolute atomic E-state index is 12.4. The standard InChI is InChI=1S/C23H16Cl2N2O2S/c24-17-6-9-19(10-7-17)26-23-27-22(28)21(30-23)13-16-12-18(25)8-11-20(16)29-14-15-4-2-1-3-5-15/h1-13H,14H2,(H,26,27,28)/b21-13-. The summed E-state index contributed by atoms with van der Waals surface area (Å²) in [5.41, 5.74) is 2.48. The van der Waals surface area contributed by atoms with Gasteiger partial charge in [0.1, 0.15) is 12.4 Å². The fraction of sp³-hybridized carbons (Fsp3) is 0.0435. The molecule has 0 spiro atoms. The number of hydrogen-bond donors (Lipinski definition) is 1. The summed E-state index contributed by atoms with van der Waals surface area (Å²) in [4.78, 5) is 17.4. The van der Waals surface area contributed by atoms with Crippen LogP contribution in [0.15, 0.2) is 82.7 Å². The summed E-state index contributed by atoms with van der Waals surface area (Å²) in [6.45, 7) is 0.418. The van der Waals surface area contributed by atoms with Crippen LogP contribution in [0, 0.1) is 0 Å². The van der Waals surface area contributed by atoms with E-state index >= 15 is 0 Å². The smallest absolute Gasteiger partial charge is 0.264 e. The fourth-order valence-electron chi connectivity index (χ4n) is 2.75. The molecule has 1 heterocycles. The van der Waals surface area contributed by atoms with Gasteiger partial charge < -0.3 is 10.1 Å². The molecular formula is C23H16Cl2N2O2S. The third kappa shape index (κ3) is 5.25. The Morgan fingerprint density at radius 1 is 0.967 bits per heavy atom. The molecule has 4 nitrogen and oxygen atoms in total. The van der Waals surface area contributed by atoms with Gasteiger partial charge in [0.05, 0.1) is 10.6 Å². The summed E-state index contributed by atoms with van der Waals surface area (Å²) in [6.07, 6.45) is 1.76. The zero-order valence-electron chi connectivity index (χ0n) is 15.6. The van der Waals surface area contributed by atoms with Crippen LogP contribution >= 0.6 is 35.0 Å². The summed E-state index contributed by atoms with van der Waals surface area (Å²) in [5, 5.41) is 4.47. The van der Waals surface area contributed by atoms with Crippen molar-refractivity contribution in [3.05, 3.63) is 98.9 Å². The molecule has 0 radical (unpaired) electrons.